The molecule has 1 atom stereocenters. The number of benzene rings is 3. The van der Waals surface area contributed by atoms with Gasteiger partial charge in [0.2, 0.25) is 5.91 Å². The Bertz CT molecular complexity index is 1170. The van der Waals surface area contributed by atoms with Crippen molar-refractivity contribution in [2.24, 2.45) is 0 Å². The van der Waals surface area contributed by atoms with Gasteiger partial charge in [0.1, 0.15) is 11.6 Å². The maximum Gasteiger partial charge on any atom is 0.261 e. The van der Waals surface area contributed by atoms with Gasteiger partial charge < -0.3 is 5.32 Å². The number of amides is 1. The van der Waals surface area contributed by atoms with Crippen molar-refractivity contribution in [3.8, 4) is 0 Å². The van der Waals surface area contributed by atoms with Gasteiger partial charge in [-0.2, -0.15) is 0 Å². The lowest BCUT2D eigenvalue weighted by Crippen LogP contribution is -2.20. The van der Waals surface area contributed by atoms with E-state index in [2.05, 4.69) is 10.0 Å². The first kappa shape index (κ1) is 21.7. The van der Waals surface area contributed by atoms with Gasteiger partial charge in [0, 0.05) is 28.0 Å². The van der Waals surface area contributed by atoms with Crippen LogP contribution in [-0.2, 0) is 14.8 Å². The van der Waals surface area contributed by atoms with Crippen LogP contribution in [0.3, 0.4) is 0 Å². The van der Waals surface area contributed by atoms with Gasteiger partial charge in [-0.25, -0.2) is 17.2 Å². The van der Waals surface area contributed by atoms with Crippen LogP contribution in [0.15, 0.2) is 71.6 Å². The molecule has 0 saturated heterocycles. The van der Waals surface area contributed by atoms with Gasteiger partial charge in [0.15, 0.2) is 0 Å². The summed E-state index contributed by atoms with van der Waals surface area (Å²) in [5.74, 6) is -2.93. The summed E-state index contributed by atoms with van der Waals surface area (Å²) in [7, 11) is -3.83. The van der Waals surface area contributed by atoms with Crippen LogP contribution in [0.1, 0.15) is 18.4 Å². The van der Waals surface area contributed by atoms with E-state index in [1.807, 2.05) is 0 Å². The molecule has 0 fully saturated rings. The monoisotopic (exact) mass is 450 g/mol. The van der Waals surface area contributed by atoms with E-state index < -0.39 is 33.5 Å². The van der Waals surface area contributed by atoms with Gasteiger partial charge in [0.25, 0.3) is 10.0 Å². The second kappa shape index (κ2) is 8.81. The highest BCUT2D eigenvalue weighted by atomic mass is 35.5. The van der Waals surface area contributed by atoms with E-state index in [9.17, 15) is 22.0 Å². The lowest BCUT2D eigenvalue weighted by atomic mass is 9.99. The lowest BCUT2D eigenvalue weighted by Gasteiger charge is -2.14. The molecule has 0 bridgehead atoms. The second-order valence-electron chi connectivity index (χ2n) is 6.51. The Morgan fingerprint density at radius 3 is 2.13 bits per heavy atom. The predicted molar refractivity (Wildman–Crippen MR) is 112 cm³/mol. The summed E-state index contributed by atoms with van der Waals surface area (Å²) in [5.41, 5.74) is 0.743. The average Bonchev–Trinajstić information content (AvgIpc) is 2.69. The minimum atomic E-state index is -3.83. The summed E-state index contributed by atoms with van der Waals surface area (Å²) < 4.78 is 54.3. The van der Waals surface area contributed by atoms with Crippen LogP contribution < -0.4 is 10.0 Å². The number of halogens is 3. The third-order valence-corrected chi connectivity index (χ3v) is 6.00. The minimum absolute atomic E-state index is 0.00641. The highest BCUT2D eigenvalue weighted by Gasteiger charge is 2.20. The van der Waals surface area contributed by atoms with Crippen LogP contribution in [0.2, 0.25) is 5.02 Å². The van der Waals surface area contributed by atoms with Crippen LogP contribution in [0.25, 0.3) is 0 Å². The molecule has 0 aromatic heterocycles. The lowest BCUT2D eigenvalue weighted by molar-refractivity contribution is -0.117. The van der Waals surface area contributed by atoms with Gasteiger partial charge in [-0.05, 0) is 61.5 Å². The number of sulfonamides is 1. The van der Waals surface area contributed by atoms with Gasteiger partial charge in [0.05, 0.1) is 10.8 Å². The topological polar surface area (TPSA) is 75.3 Å². The summed E-state index contributed by atoms with van der Waals surface area (Å²) in [4.78, 5) is 12.4. The fourth-order valence-corrected chi connectivity index (χ4v) is 3.88. The van der Waals surface area contributed by atoms with Gasteiger partial charge in [-0.3, -0.25) is 9.52 Å². The Hall–Kier alpha value is -2.97. The van der Waals surface area contributed by atoms with Crippen molar-refractivity contribution < 1.29 is 22.0 Å². The number of carbonyl (C=O) groups is 1. The molecule has 0 aliphatic carbocycles. The Morgan fingerprint density at radius 2 is 1.53 bits per heavy atom. The van der Waals surface area contributed by atoms with E-state index >= 15 is 0 Å². The van der Waals surface area contributed by atoms with Crippen LogP contribution in [-0.4, -0.2) is 14.3 Å². The largest absolute Gasteiger partial charge is 0.326 e. The summed E-state index contributed by atoms with van der Waals surface area (Å²) >= 11 is 5.79. The second-order valence-corrected chi connectivity index (χ2v) is 8.63. The van der Waals surface area contributed by atoms with E-state index in [1.54, 1.807) is 12.1 Å². The molecule has 0 spiro atoms. The quantitative estimate of drug-likeness (QED) is 0.544. The fraction of sp³-hybridized carbons (Fsp3) is 0.0952. The molecule has 1 amide bonds. The number of hydrogen-bond donors (Lipinski definition) is 2. The molecule has 9 heteroatoms. The third-order valence-electron chi connectivity index (χ3n) is 4.35. The van der Waals surface area contributed by atoms with Gasteiger partial charge in [-0.1, -0.05) is 17.7 Å². The minimum Gasteiger partial charge on any atom is -0.326 e. The van der Waals surface area contributed by atoms with E-state index in [4.69, 9.17) is 11.6 Å². The SMILES string of the molecule is CC(C(=O)Nc1ccc(S(=O)(=O)Nc2ccc(Cl)cc2)cc1)c1ccc(F)cc1F. The zero-order chi connectivity index (χ0) is 21.9. The van der Waals surface area contributed by atoms with E-state index in [1.165, 1.54) is 49.4 Å². The average molecular weight is 451 g/mol. The Kier molecular flexibility index (Phi) is 6.38. The molecule has 30 heavy (non-hydrogen) atoms. The number of rotatable bonds is 6. The number of carbonyl (C=O) groups excluding carboxylic acids is 1. The molecule has 3 rings (SSSR count). The van der Waals surface area contributed by atoms with E-state index in [0.29, 0.717) is 22.5 Å². The Morgan fingerprint density at radius 1 is 0.933 bits per heavy atom. The molecular weight excluding hydrogens is 434 g/mol. The zero-order valence-corrected chi connectivity index (χ0v) is 17.3. The summed E-state index contributed by atoms with van der Waals surface area (Å²) in [6.45, 7) is 1.49. The first-order valence-corrected chi connectivity index (χ1v) is 10.7. The Labute approximate surface area is 177 Å². The summed E-state index contributed by atoms with van der Waals surface area (Å²) in [6, 6.07) is 14.7. The molecule has 0 saturated carbocycles. The standard InChI is InChI=1S/C21H17ClF2N2O3S/c1-13(19-11-4-15(23)12-20(19)24)21(27)25-16-7-9-18(10-8-16)30(28,29)26-17-5-2-14(22)3-6-17/h2-13,26H,1H3,(H,25,27). The van der Waals surface area contributed by atoms with E-state index in [0.717, 1.165) is 6.07 Å². The number of nitrogens with one attached hydrogen (secondary N) is 2. The van der Waals surface area contributed by atoms with Crippen molar-refractivity contribution in [2.45, 2.75) is 17.7 Å². The molecule has 1 unspecified atom stereocenters. The van der Waals surface area contributed by atoms with E-state index in [-0.39, 0.29) is 10.5 Å². The first-order chi connectivity index (χ1) is 14.2. The Balaban J connectivity index is 1.70. The van der Waals surface area contributed by atoms with Crippen LogP contribution in [0.4, 0.5) is 20.2 Å². The molecule has 156 valence electrons. The summed E-state index contributed by atoms with van der Waals surface area (Å²) in [5, 5.41) is 3.07. The highest BCUT2D eigenvalue weighted by molar-refractivity contribution is 7.92. The van der Waals surface area contributed by atoms with Crippen molar-refractivity contribution in [1.82, 2.24) is 0 Å². The maximum atomic E-state index is 13.9. The number of hydrogen-bond acceptors (Lipinski definition) is 3. The smallest absolute Gasteiger partial charge is 0.261 e. The van der Waals surface area contributed by atoms with Crippen molar-refractivity contribution in [1.29, 1.82) is 0 Å². The van der Waals surface area contributed by atoms with Gasteiger partial charge in [-0.15, -0.1) is 0 Å². The molecule has 2 N–H and O–H groups in total. The summed E-state index contributed by atoms with van der Waals surface area (Å²) in [6.07, 6.45) is 0. The molecule has 0 aliphatic heterocycles. The first-order valence-electron chi connectivity index (χ1n) is 8.80. The van der Waals surface area contributed by atoms with Crippen molar-refractivity contribution in [2.75, 3.05) is 10.0 Å². The maximum absolute atomic E-state index is 13.9. The molecule has 3 aromatic rings. The van der Waals surface area contributed by atoms with Gasteiger partial charge >= 0.3 is 0 Å². The van der Waals surface area contributed by atoms with Crippen LogP contribution in [0.5, 0.6) is 0 Å². The molecule has 0 radical (unpaired) electrons. The molecular formula is C21H17ClF2N2O3S. The van der Waals surface area contributed by atoms with Crippen molar-refractivity contribution in [3.63, 3.8) is 0 Å². The molecule has 0 aliphatic rings. The highest BCUT2D eigenvalue weighted by Crippen LogP contribution is 2.23. The van der Waals surface area contributed by atoms with Crippen molar-refractivity contribution in [3.05, 3.63) is 89.0 Å². The van der Waals surface area contributed by atoms with Crippen molar-refractivity contribution >= 4 is 38.9 Å². The molecule has 3 aromatic carbocycles. The predicted octanol–water partition coefficient (Wildman–Crippen LogP) is 5.16. The van der Waals surface area contributed by atoms with Crippen LogP contribution >= 0.6 is 11.6 Å². The molecule has 5 nitrogen and oxygen atoms in total. The number of anilines is 2. The third kappa shape index (κ3) is 5.14. The molecule has 0 heterocycles. The van der Waals surface area contributed by atoms with Crippen LogP contribution in [0, 0.1) is 11.6 Å². The zero-order valence-electron chi connectivity index (χ0n) is 15.7. The fourth-order valence-electron chi connectivity index (χ4n) is 2.69. The normalized spacial score (nSPS) is 12.3.